The average Bonchev–Trinajstić information content (AvgIpc) is 3.55. The number of hydrogen-bond acceptors (Lipinski definition) is 8. The predicted octanol–water partition coefficient (Wildman–Crippen LogP) is 4.58. The summed E-state index contributed by atoms with van der Waals surface area (Å²) in [5.41, 5.74) is -0.906. The van der Waals surface area contributed by atoms with E-state index in [1.807, 2.05) is 19.9 Å². The lowest BCUT2D eigenvalue weighted by atomic mass is 9.91. The Morgan fingerprint density at radius 2 is 1.88 bits per heavy atom. The zero-order chi connectivity index (χ0) is 30.1. The van der Waals surface area contributed by atoms with Crippen molar-refractivity contribution in [2.24, 2.45) is 5.92 Å². The van der Waals surface area contributed by atoms with E-state index >= 15 is 0 Å². The molecule has 41 heavy (non-hydrogen) atoms. The van der Waals surface area contributed by atoms with E-state index in [1.165, 1.54) is 45.2 Å². The summed E-state index contributed by atoms with van der Waals surface area (Å²) in [5, 5.41) is 18.3. The van der Waals surface area contributed by atoms with Gasteiger partial charge in [-0.25, -0.2) is 13.8 Å². The number of nitrogens with zero attached hydrogens (tertiary/aromatic N) is 6. The lowest BCUT2D eigenvalue weighted by molar-refractivity contribution is -0.127. The van der Waals surface area contributed by atoms with Crippen LogP contribution in [0.4, 0.5) is 4.39 Å². The molecule has 10 nitrogen and oxygen atoms in total. The molecule has 12 heteroatoms. The third kappa shape index (κ3) is 5.78. The minimum atomic E-state index is -1.45. The fraction of sp³-hybridized carbons (Fsp3) is 0.448. The highest BCUT2D eigenvalue weighted by Gasteiger charge is 2.36. The number of nitriles is 1. The molecule has 0 unspecified atom stereocenters. The molecule has 0 amide bonds. The number of ketones is 1. The minimum Gasteiger partial charge on any atom is -0.371 e. The molecule has 216 valence electrons. The van der Waals surface area contributed by atoms with E-state index in [1.54, 1.807) is 33.8 Å². The highest BCUT2D eigenvalue weighted by Crippen LogP contribution is 2.33. The molecular weight excluding hydrogens is 547 g/mol. The fourth-order valence-electron chi connectivity index (χ4n) is 4.86. The van der Waals surface area contributed by atoms with Gasteiger partial charge in [0.05, 0.1) is 43.4 Å². The quantitative estimate of drug-likeness (QED) is 0.238. The van der Waals surface area contributed by atoms with Gasteiger partial charge >= 0.3 is 5.69 Å². The molecule has 4 rings (SSSR count). The molecule has 0 radical (unpaired) electrons. The van der Waals surface area contributed by atoms with Crippen LogP contribution in [0, 0.1) is 36.9 Å². The molecule has 0 aliphatic heterocycles. The number of fused-ring (bicyclic) bond motifs is 1. The second-order valence-corrected chi connectivity index (χ2v) is 11.9. The smallest absolute Gasteiger partial charge is 0.333 e. The Morgan fingerprint density at radius 1 is 1.20 bits per heavy atom. The molecule has 4 aromatic rings. The molecule has 3 heterocycles. The number of hydrogen-bond donors (Lipinski definition) is 0. The standard InChI is InChI=1S/C29H33FN6O4S/c1-17(2)14-23(37)29(5,6)35-25(38)24-19(4)26(36-32-11-12-33-36)41-27(24)34(28(35)39)16-22(40-13-7-10-31)21-15-20(30)9-8-18(21)3/h8-9,11-12,15,17,22H,7,13-14,16H2,1-6H3/t22-/m0/s1. The van der Waals surface area contributed by atoms with Gasteiger partial charge in [0.15, 0.2) is 5.78 Å². The van der Waals surface area contributed by atoms with Crippen LogP contribution in [0.15, 0.2) is 40.2 Å². The highest BCUT2D eigenvalue weighted by atomic mass is 32.1. The van der Waals surface area contributed by atoms with E-state index in [9.17, 15) is 18.8 Å². The van der Waals surface area contributed by atoms with E-state index < -0.39 is 28.7 Å². The topological polar surface area (TPSA) is 125 Å². The maximum Gasteiger partial charge on any atom is 0.333 e. The first kappa shape index (κ1) is 30.0. The molecule has 0 fully saturated rings. The third-order valence-corrected chi connectivity index (χ3v) is 8.37. The highest BCUT2D eigenvalue weighted by molar-refractivity contribution is 7.21. The maximum atomic E-state index is 14.4. The van der Waals surface area contributed by atoms with Crippen LogP contribution < -0.4 is 11.2 Å². The molecule has 0 saturated carbocycles. The predicted molar refractivity (Wildman–Crippen MR) is 154 cm³/mol. The van der Waals surface area contributed by atoms with Crippen molar-refractivity contribution in [2.45, 2.75) is 72.6 Å². The third-order valence-electron chi connectivity index (χ3n) is 7.09. The average molecular weight is 581 g/mol. The molecule has 0 saturated heterocycles. The van der Waals surface area contributed by atoms with Crippen LogP contribution in [0.5, 0.6) is 0 Å². The normalized spacial score (nSPS) is 12.7. The molecule has 1 atom stereocenters. The van der Waals surface area contributed by atoms with Crippen molar-refractivity contribution in [3.05, 3.63) is 73.9 Å². The van der Waals surface area contributed by atoms with E-state index in [2.05, 4.69) is 10.2 Å². The van der Waals surface area contributed by atoms with Crippen molar-refractivity contribution in [1.29, 1.82) is 5.26 Å². The van der Waals surface area contributed by atoms with Crippen molar-refractivity contribution in [2.75, 3.05) is 6.61 Å². The number of aromatic nitrogens is 5. The van der Waals surface area contributed by atoms with Crippen molar-refractivity contribution in [3.8, 4) is 11.1 Å². The van der Waals surface area contributed by atoms with Gasteiger partial charge in [-0.3, -0.25) is 14.2 Å². The summed E-state index contributed by atoms with van der Waals surface area (Å²) in [6.07, 6.45) is 2.47. The van der Waals surface area contributed by atoms with Gasteiger partial charge in [0.2, 0.25) is 0 Å². The number of ether oxygens (including phenoxy) is 1. The second kappa shape index (κ2) is 11.9. The first-order valence-electron chi connectivity index (χ1n) is 13.3. The van der Waals surface area contributed by atoms with Crippen LogP contribution in [0.1, 0.15) is 63.3 Å². The Hall–Kier alpha value is -3.95. The van der Waals surface area contributed by atoms with Crippen LogP contribution in [-0.2, 0) is 21.6 Å². The number of benzene rings is 1. The molecular formula is C29H33FN6O4S. The SMILES string of the molecule is Cc1ccc(F)cc1[C@H](Cn1c(=O)n(C(C)(C)C(=O)CC(C)C)c(=O)c2c(C)c(-n3nccn3)sc21)OCCC#N. The zero-order valence-electron chi connectivity index (χ0n) is 24.0. The van der Waals surface area contributed by atoms with Crippen molar-refractivity contribution < 1.29 is 13.9 Å². The summed E-state index contributed by atoms with van der Waals surface area (Å²) in [7, 11) is 0. The van der Waals surface area contributed by atoms with E-state index in [0.717, 1.165) is 10.1 Å². The first-order chi connectivity index (χ1) is 19.4. The van der Waals surface area contributed by atoms with Gasteiger partial charge < -0.3 is 4.74 Å². The van der Waals surface area contributed by atoms with Crippen LogP contribution in [0.25, 0.3) is 15.2 Å². The molecule has 0 bridgehead atoms. The van der Waals surface area contributed by atoms with Gasteiger partial charge in [-0.05, 0) is 56.9 Å². The van der Waals surface area contributed by atoms with Crippen LogP contribution in [0.3, 0.4) is 0 Å². The summed E-state index contributed by atoms with van der Waals surface area (Å²) >= 11 is 1.17. The summed E-state index contributed by atoms with van der Waals surface area (Å²) in [5.74, 6) is -0.693. The summed E-state index contributed by atoms with van der Waals surface area (Å²) in [4.78, 5) is 43.4. The maximum absolute atomic E-state index is 14.4. The van der Waals surface area contributed by atoms with Gasteiger partial charge in [-0.15, -0.1) is 4.80 Å². The molecule has 0 spiro atoms. The minimum absolute atomic E-state index is 0.0256. The Kier molecular flexibility index (Phi) is 8.70. The number of carbonyl (C=O) groups excluding carboxylic acids is 1. The lowest BCUT2D eigenvalue weighted by Crippen LogP contribution is -2.53. The van der Waals surface area contributed by atoms with Crippen molar-refractivity contribution in [3.63, 3.8) is 0 Å². The molecule has 1 aromatic carbocycles. The molecule has 0 aliphatic rings. The molecule has 0 N–H and O–H groups in total. The van der Waals surface area contributed by atoms with Crippen LogP contribution in [-0.4, -0.2) is 36.5 Å². The van der Waals surface area contributed by atoms with Gasteiger partial charge in [0.25, 0.3) is 5.56 Å². The number of halogens is 1. The van der Waals surface area contributed by atoms with Gasteiger partial charge in [-0.2, -0.15) is 15.5 Å². The van der Waals surface area contributed by atoms with E-state index in [0.29, 0.717) is 21.0 Å². The number of thiophene rings is 1. The van der Waals surface area contributed by atoms with Crippen LogP contribution in [0.2, 0.25) is 0 Å². The lowest BCUT2D eigenvalue weighted by Gasteiger charge is -2.28. The van der Waals surface area contributed by atoms with Gasteiger partial charge in [0.1, 0.15) is 27.3 Å². The molecule has 3 aromatic heterocycles. The van der Waals surface area contributed by atoms with Crippen molar-refractivity contribution in [1.82, 2.24) is 24.1 Å². The summed E-state index contributed by atoms with van der Waals surface area (Å²) in [6, 6.07) is 6.34. The van der Waals surface area contributed by atoms with E-state index in [4.69, 9.17) is 10.00 Å². The monoisotopic (exact) mass is 580 g/mol. The van der Waals surface area contributed by atoms with Gasteiger partial charge in [0, 0.05) is 12.0 Å². The number of carbonyl (C=O) groups is 1. The zero-order valence-corrected chi connectivity index (χ0v) is 24.8. The van der Waals surface area contributed by atoms with Crippen molar-refractivity contribution >= 4 is 27.3 Å². The van der Waals surface area contributed by atoms with Gasteiger partial charge in [-0.1, -0.05) is 31.3 Å². The number of Topliss-reactive ketones (excluding diaryl/α,β-unsaturated/α-hetero) is 1. The van der Waals surface area contributed by atoms with E-state index in [-0.39, 0.29) is 43.1 Å². The fourth-order valence-corrected chi connectivity index (χ4v) is 6.08. The Balaban J connectivity index is 2.02. The summed E-state index contributed by atoms with van der Waals surface area (Å²) < 4.78 is 22.9. The summed E-state index contributed by atoms with van der Waals surface area (Å²) in [6.45, 7) is 10.5. The number of aryl methyl sites for hydroxylation is 2. The Bertz CT molecular complexity index is 1740. The van der Waals surface area contributed by atoms with Crippen LogP contribution >= 0.6 is 11.3 Å². The molecule has 0 aliphatic carbocycles. The first-order valence-corrected chi connectivity index (χ1v) is 14.1. The number of rotatable bonds is 11. The second-order valence-electron chi connectivity index (χ2n) is 10.9. The largest absolute Gasteiger partial charge is 0.371 e. The Morgan fingerprint density at radius 3 is 2.51 bits per heavy atom. The Labute approximate surface area is 240 Å².